The Hall–Kier alpha value is -3.68. The Balaban J connectivity index is 1.38. The summed E-state index contributed by atoms with van der Waals surface area (Å²) in [5, 5.41) is 8.74. The van der Waals surface area contributed by atoms with Gasteiger partial charge in [0.1, 0.15) is 0 Å². The molecule has 2 aromatic carbocycles. The smallest absolute Gasteiger partial charge is 0.335 e. The number of hydrogen-bond donors (Lipinski definition) is 1. The quantitative estimate of drug-likeness (QED) is 0.257. The molecule has 1 fully saturated rings. The molecule has 13 heteroatoms. The molecule has 36 heavy (non-hydrogen) atoms. The van der Waals surface area contributed by atoms with E-state index in [1.54, 1.807) is 12.1 Å². The first-order valence-corrected chi connectivity index (χ1v) is 12.6. The number of nitrogens with zero attached hydrogens (tertiary/aromatic N) is 4. The maximum absolute atomic E-state index is 12.4. The largest absolute Gasteiger partial charge is 0.379 e. The minimum atomic E-state index is -3.77. The number of imide groups is 1. The summed E-state index contributed by atoms with van der Waals surface area (Å²) < 4.78 is 32.5. The number of ether oxygens (including phenoxy) is 1. The van der Waals surface area contributed by atoms with Gasteiger partial charge in [-0.3, -0.25) is 9.59 Å². The van der Waals surface area contributed by atoms with Gasteiger partial charge in [0.05, 0.1) is 35.9 Å². The van der Waals surface area contributed by atoms with Crippen LogP contribution in [0.2, 0.25) is 0 Å². The number of anilines is 1. The molecule has 0 saturated carbocycles. The molecule has 12 nitrogen and oxygen atoms in total. The first-order chi connectivity index (χ1) is 17.2. The third-order valence-corrected chi connectivity index (χ3v) is 6.46. The van der Waals surface area contributed by atoms with Crippen LogP contribution in [0.25, 0.3) is 0 Å². The number of hydroxylamine groups is 2. The highest BCUT2D eigenvalue weighted by molar-refractivity contribution is 7.89. The van der Waals surface area contributed by atoms with Crippen LogP contribution in [0, 0.1) is 0 Å². The number of amides is 2. The molecular weight excluding hydrogens is 490 g/mol. The van der Waals surface area contributed by atoms with Crippen LogP contribution in [0.4, 0.5) is 17.1 Å². The van der Waals surface area contributed by atoms with Crippen LogP contribution in [0.15, 0.2) is 63.7 Å². The molecule has 0 aliphatic carbocycles. The van der Waals surface area contributed by atoms with Gasteiger partial charge in [0.15, 0.2) is 0 Å². The fraction of sp³-hybridized carbons (Fsp3) is 0.348. The molecule has 0 unspecified atom stereocenters. The van der Waals surface area contributed by atoms with E-state index in [-0.39, 0.29) is 43.9 Å². The summed E-state index contributed by atoms with van der Waals surface area (Å²) in [6, 6.07) is 13.4. The minimum absolute atomic E-state index is 0.00694. The number of azo groups is 1. The van der Waals surface area contributed by atoms with Gasteiger partial charge < -0.3 is 14.5 Å². The van der Waals surface area contributed by atoms with Gasteiger partial charge in [-0.15, -0.1) is 5.06 Å². The van der Waals surface area contributed by atoms with Crippen LogP contribution in [-0.2, 0) is 34.0 Å². The van der Waals surface area contributed by atoms with E-state index >= 15 is 0 Å². The van der Waals surface area contributed by atoms with Crippen LogP contribution in [0.5, 0.6) is 0 Å². The van der Waals surface area contributed by atoms with Crippen LogP contribution >= 0.6 is 0 Å². The fourth-order valence-corrected chi connectivity index (χ4v) is 4.03. The standard InChI is InChI=1S/C23H27N5O7S/c1-27(2)19-7-3-17(4-8-19)25-26-18-5-9-20(10-6-18)36(32,33)24-14-16-34-15-13-23(31)35-28-21(29)11-12-22(28)30/h3-10,24H,11-16H2,1-2H3. The summed E-state index contributed by atoms with van der Waals surface area (Å²) in [6.07, 6.45) is -0.165. The van der Waals surface area contributed by atoms with Crippen molar-refractivity contribution in [2.75, 3.05) is 38.8 Å². The first-order valence-electron chi connectivity index (χ1n) is 11.1. The lowest BCUT2D eigenvalue weighted by Crippen LogP contribution is -2.32. The van der Waals surface area contributed by atoms with E-state index in [9.17, 15) is 22.8 Å². The van der Waals surface area contributed by atoms with Crippen molar-refractivity contribution in [1.82, 2.24) is 9.79 Å². The second-order valence-corrected chi connectivity index (χ2v) is 9.68. The van der Waals surface area contributed by atoms with Crippen LogP contribution in [0.1, 0.15) is 19.3 Å². The molecular formula is C23H27N5O7S. The summed E-state index contributed by atoms with van der Waals surface area (Å²) in [4.78, 5) is 41.2. The van der Waals surface area contributed by atoms with Crippen molar-refractivity contribution >= 4 is 44.9 Å². The molecule has 1 heterocycles. The lowest BCUT2D eigenvalue weighted by atomic mass is 10.3. The Kier molecular flexibility index (Phi) is 9.22. The molecule has 2 amide bonds. The number of benzene rings is 2. The van der Waals surface area contributed by atoms with Crippen molar-refractivity contribution in [2.24, 2.45) is 10.2 Å². The molecule has 1 N–H and O–H groups in total. The Bertz CT molecular complexity index is 1200. The molecule has 1 aliphatic heterocycles. The van der Waals surface area contributed by atoms with Crippen molar-refractivity contribution in [2.45, 2.75) is 24.2 Å². The monoisotopic (exact) mass is 517 g/mol. The lowest BCUT2D eigenvalue weighted by Gasteiger charge is -2.12. The number of carbonyl (C=O) groups excluding carboxylic acids is 3. The maximum atomic E-state index is 12.4. The molecule has 1 aliphatic rings. The summed E-state index contributed by atoms with van der Waals surface area (Å²) in [5.74, 6) is -1.91. The van der Waals surface area contributed by atoms with Crippen LogP contribution in [0.3, 0.4) is 0 Å². The third kappa shape index (κ3) is 7.66. The number of rotatable bonds is 12. The number of hydrogen-bond acceptors (Lipinski definition) is 10. The third-order valence-electron chi connectivity index (χ3n) is 4.98. The molecule has 0 aromatic heterocycles. The average Bonchev–Trinajstić information content (AvgIpc) is 3.17. The van der Waals surface area contributed by atoms with Gasteiger partial charge in [-0.1, -0.05) is 0 Å². The second kappa shape index (κ2) is 12.3. The summed E-state index contributed by atoms with van der Waals surface area (Å²) >= 11 is 0. The Morgan fingerprint density at radius 3 is 2.06 bits per heavy atom. The SMILES string of the molecule is CN(C)c1ccc(N=Nc2ccc(S(=O)(=O)NCCOCCC(=O)ON3C(=O)CCC3=O)cc2)cc1. The van der Waals surface area contributed by atoms with Crippen molar-refractivity contribution in [3.05, 3.63) is 48.5 Å². The highest BCUT2D eigenvalue weighted by atomic mass is 32.2. The zero-order chi connectivity index (χ0) is 26.1. The first kappa shape index (κ1) is 26.9. The van der Waals surface area contributed by atoms with Gasteiger partial charge in [0, 0.05) is 39.2 Å². The van der Waals surface area contributed by atoms with E-state index in [2.05, 4.69) is 15.0 Å². The number of sulfonamides is 1. The molecule has 0 spiro atoms. The van der Waals surface area contributed by atoms with Crippen LogP contribution < -0.4 is 9.62 Å². The van der Waals surface area contributed by atoms with Gasteiger partial charge in [-0.2, -0.15) is 10.2 Å². The highest BCUT2D eigenvalue weighted by Crippen LogP contribution is 2.22. The topological polar surface area (TPSA) is 147 Å². The van der Waals surface area contributed by atoms with Crippen molar-refractivity contribution < 1.29 is 32.4 Å². The normalized spacial score (nSPS) is 14.0. The predicted molar refractivity (Wildman–Crippen MR) is 129 cm³/mol. The van der Waals surface area contributed by atoms with E-state index in [1.807, 2.05) is 43.3 Å². The Labute approximate surface area is 208 Å². The molecule has 3 rings (SSSR count). The summed E-state index contributed by atoms with van der Waals surface area (Å²) in [5.41, 5.74) is 2.21. The zero-order valence-electron chi connectivity index (χ0n) is 19.9. The fourth-order valence-electron chi connectivity index (χ4n) is 3.02. The van der Waals surface area contributed by atoms with Gasteiger partial charge >= 0.3 is 5.97 Å². The van der Waals surface area contributed by atoms with E-state index in [0.29, 0.717) is 16.4 Å². The summed E-state index contributed by atoms with van der Waals surface area (Å²) in [7, 11) is 0.118. The van der Waals surface area contributed by atoms with E-state index in [1.165, 1.54) is 12.1 Å². The zero-order valence-corrected chi connectivity index (χ0v) is 20.7. The number of nitrogens with one attached hydrogen (secondary N) is 1. The van der Waals surface area contributed by atoms with Gasteiger partial charge in [0.25, 0.3) is 11.8 Å². The second-order valence-electron chi connectivity index (χ2n) is 7.91. The molecule has 192 valence electrons. The van der Waals surface area contributed by atoms with Gasteiger partial charge in [-0.25, -0.2) is 17.9 Å². The average molecular weight is 518 g/mol. The maximum Gasteiger partial charge on any atom is 0.335 e. The van der Waals surface area contributed by atoms with Crippen LogP contribution in [-0.4, -0.2) is 65.1 Å². The van der Waals surface area contributed by atoms with E-state index in [4.69, 9.17) is 9.57 Å². The summed E-state index contributed by atoms with van der Waals surface area (Å²) in [6.45, 7) is -0.0772. The molecule has 1 saturated heterocycles. The van der Waals surface area contributed by atoms with Crippen molar-refractivity contribution in [1.29, 1.82) is 0 Å². The minimum Gasteiger partial charge on any atom is -0.379 e. The van der Waals surface area contributed by atoms with E-state index < -0.39 is 27.8 Å². The van der Waals surface area contributed by atoms with Gasteiger partial charge in [0.2, 0.25) is 10.0 Å². The predicted octanol–water partition coefficient (Wildman–Crippen LogP) is 2.46. The molecule has 0 atom stereocenters. The van der Waals surface area contributed by atoms with E-state index in [0.717, 1.165) is 5.69 Å². The lowest BCUT2D eigenvalue weighted by molar-refractivity contribution is -0.198. The Morgan fingerprint density at radius 1 is 0.944 bits per heavy atom. The molecule has 2 aromatic rings. The van der Waals surface area contributed by atoms with Crippen molar-refractivity contribution in [3.8, 4) is 0 Å². The number of carbonyl (C=O) groups is 3. The molecule has 0 radical (unpaired) electrons. The van der Waals surface area contributed by atoms with Crippen molar-refractivity contribution in [3.63, 3.8) is 0 Å². The highest BCUT2D eigenvalue weighted by Gasteiger charge is 2.32. The molecule has 0 bridgehead atoms. The Morgan fingerprint density at radius 2 is 1.50 bits per heavy atom. The van der Waals surface area contributed by atoms with Gasteiger partial charge in [-0.05, 0) is 48.5 Å².